The number of pyridine rings is 1. The van der Waals surface area contributed by atoms with E-state index in [1.165, 1.54) is 11.8 Å². The van der Waals surface area contributed by atoms with E-state index in [1.807, 2.05) is 36.6 Å². The van der Waals surface area contributed by atoms with Crippen LogP contribution in [0.1, 0.15) is 20.8 Å². The van der Waals surface area contributed by atoms with Crippen LogP contribution in [-0.2, 0) is 0 Å². The highest BCUT2D eigenvalue weighted by Crippen LogP contribution is 2.22. The molecule has 154 valence electrons. The third-order valence-corrected chi connectivity index (χ3v) is 5.10. The highest BCUT2D eigenvalue weighted by Gasteiger charge is 2.18. The molecule has 0 radical (unpaired) electrons. The van der Waals surface area contributed by atoms with Crippen molar-refractivity contribution in [3.8, 4) is 5.69 Å². The first-order valence-electron chi connectivity index (χ1n) is 9.46. The van der Waals surface area contributed by atoms with Gasteiger partial charge in [0.25, 0.3) is 11.8 Å². The minimum atomic E-state index is -0.320. The normalized spacial score (nSPS) is 10.5. The van der Waals surface area contributed by atoms with E-state index in [4.69, 9.17) is 0 Å². The van der Waals surface area contributed by atoms with Gasteiger partial charge in [0.1, 0.15) is 11.5 Å². The molecular weight excluding hydrogens is 410 g/mol. The van der Waals surface area contributed by atoms with Crippen molar-refractivity contribution in [1.29, 1.82) is 0 Å². The van der Waals surface area contributed by atoms with Crippen LogP contribution in [0.4, 0.5) is 11.5 Å². The Kier molecular flexibility index (Phi) is 6.09. The molecule has 8 heteroatoms. The Morgan fingerprint density at radius 3 is 2.42 bits per heavy atom. The molecule has 2 aromatic carbocycles. The zero-order chi connectivity index (χ0) is 21.6. The Labute approximate surface area is 183 Å². The number of hydrogen-bond donors (Lipinski definition) is 2. The third kappa shape index (κ3) is 4.65. The smallest absolute Gasteiger partial charge is 0.274 e. The van der Waals surface area contributed by atoms with E-state index in [9.17, 15) is 9.59 Å². The van der Waals surface area contributed by atoms with Crippen LogP contribution in [-0.4, -0.2) is 32.6 Å². The molecule has 31 heavy (non-hydrogen) atoms. The van der Waals surface area contributed by atoms with Crippen LogP contribution in [0, 0.1) is 0 Å². The van der Waals surface area contributed by atoms with E-state index >= 15 is 0 Å². The molecule has 0 bridgehead atoms. The zero-order valence-electron chi connectivity index (χ0n) is 16.6. The van der Waals surface area contributed by atoms with Crippen LogP contribution < -0.4 is 10.6 Å². The van der Waals surface area contributed by atoms with Gasteiger partial charge in [-0.2, -0.15) is 0 Å². The summed E-state index contributed by atoms with van der Waals surface area (Å²) >= 11 is 1.46. The predicted molar refractivity (Wildman–Crippen MR) is 122 cm³/mol. The highest BCUT2D eigenvalue weighted by atomic mass is 32.2. The highest BCUT2D eigenvalue weighted by molar-refractivity contribution is 7.98. The number of amides is 2. The zero-order valence-corrected chi connectivity index (χ0v) is 17.5. The molecule has 4 rings (SSSR count). The molecule has 0 saturated carbocycles. The minimum Gasteiger partial charge on any atom is -0.321 e. The number of carbonyl (C=O) groups is 2. The van der Waals surface area contributed by atoms with Crippen molar-refractivity contribution in [2.75, 3.05) is 16.9 Å². The van der Waals surface area contributed by atoms with Crippen molar-refractivity contribution < 1.29 is 9.59 Å². The molecule has 0 fully saturated rings. The van der Waals surface area contributed by atoms with E-state index in [0.29, 0.717) is 27.9 Å². The first-order chi connectivity index (χ1) is 15.2. The van der Waals surface area contributed by atoms with Crippen molar-refractivity contribution in [3.05, 3.63) is 96.4 Å². The van der Waals surface area contributed by atoms with Gasteiger partial charge < -0.3 is 10.6 Å². The largest absolute Gasteiger partial charge is 0.321 e. The summed E-state index contributed by atoms with van der Waals surface area (Å²) in [6, 6.07) is 21.6. The molecule has 0 aliphatic rings. The number of imidazole rings is 1. The van der Waals surface area contributed by atoms with Crippen LogP contribution in [0.3, 0.4) is 0 Å². The monoisotopic (exact) mass is 429 g/mol. The molecular formula is C23H19N5O2S. The standard InChI is InChI=1S/C23H19N5O2S/c1-31-23-25-15-19(28(23)18-10-3-2-4-11-18)22(30)26-17-9-7-8-16(14-17)21(29)27-20-12-5-6-13-24-20/h2-15H,1H3,(H,26,30)(H,24,27,29). The summed E-state index contributed by atoms with van der Waals surface area (Å²) in [5, 5.41) is 6.30. The summed E-state index contributed by atoms with van der Waals surface area (Å²) in [6.07, 6.45) is 5.06. The number of rotatable bonds is 6. The fourth-order valence-electron chi connectivity index (χ4n) is 3.02. The van der Waals surface area contributed by atoms with Crippen molar-refractivity contribution in [3.63, 3.8) is 0 Å². The number of benzene rings is 2. The van der Waals surface area contributed by atoms with Gasteiger partial charge in [0.15, 0.2) is 5.16 Å². The Balaban J connectivity index is 1.56. The van der Waals surface area contributed by atoms with Gasteiger partial charge in [-0.1, -0.05) is 42.1 Å². The molecule has 2 amide bonds. The number of thioether (sulfide) groups is 1. The van der Waals surface area contributed by atoms with Crippen LogP contribution in [0.15, 0.2) is 90.3 Å². The summed E-state index contributed by atoms with van der Waals surface area (Å²) in [5.41, 5.74) is 2.16. The summed E-state index contributed by atoms with van der Waals surface area (Å²) in [7, 11) is 0. The van der Waals surface area contributed by atoms with Gasteiger partial charge in [0.2, 0.25) is 0 Å². The lowest BCUT2D eigenvalue weighted by Gasteiger charge is -2.12. The van der Waals surface area contributed by atoms with Crippen LogP contribution >= 0.6 is 11.8 Å². The van der Waals surface area contributed by atoms with Crippen LogP contribution in [0.25, 0.3) is 5.69 Å². The molecule has 0 spiro atoms. The Morgan fingerprint density at radius 2 is 1.68 bits per heavy atom. The lowest BCUT2D eigenvalue weighted by molar-refractivity contribution is 0.101. The van der Waals surface area contributed by atoms with Gasteiger partial charge >= 0.3 is 0 Å². The average Bonchev–Trinajstić information content (AvgIpc) is 3.25. The van der Waals surface area contributed by atoms with Crippen molar-refractivity contribution >= 4 is 35.1 Å². The fraction of sp³-hybridized carbons (Fsp3) is 0.0435. The third-order valence-electron chi connectivity index (χ3n) is 4.45. The number of nitrogens with zero attached hydrogens (tertiary/aromatic N) is 3. The van der Waals surface area contributed by atoms with Gasteiger partial charge in [-0.25, -0.2) is 9.97 Å². The second kappa shape index (κ2) is 9.27. The Hall–Kier alpha value is -3.91. The lowest BCUT2D eigenvalue weighted by atomic mass is 10.2. The first kappa shape index (κ1) is 20.4. The predicted octanol–water partition coefficient (Wildman–Crippen LogP) is 4.49. The van der Waals surface area contributed by atoms with Gasteiger partial charge in [-0.3, -0.25) is 14.2 Å². The van der Waals surface area contributed by atoms with E-state index in [1.54, 1.807) is 59.4 Å². The molecule has 2 heterocycles. The number of para-hydroxylation sites is 1. The van der Waals surface area contributed by atoms with E-state index in [-0.39, 0.29) is 11.8 Å². The maximum absolute atomic E-state index is 13.0. The second-order valence-electron chi connectivity index (χ2n) is 6.51. The molecule has 0 aliphatic carbocycles. The van der Waals surface area contributed by atoms with Gasteiger partial charge in [0.05, 0.1) is 6.20 Å². The van der Waals surface area contributed by atoms with Gasteiger partial charge in [-0.15, -0.1) is 0 Å². The maximum Gasteiger partial charge on any atom is 0.274 e. The van der Waals surface area contributed by atoms with Gasteiger partial charge in [0, 0.05) is 23.1 Å². The summed E-state index contributed by atoms with van der Waals surface area (Å²) in [6.45, 7) is 0. The Morgan fingerprint density at radius 1 is 0.871 bits per heavy atom. The minimum absolute atomic E-state index is 0.311. The summed E-state index contributed by atoms with van der Waals surface area (Å²) < 4.78 is 1.80. The maximum atomic E-state index is 13.0. The first-order valence-corrected chi connectivity index (χ1v) is 10.7. The average molecular weight is 430 g/mol. The molecule has 0 aliphatic heterocycles. The van der Waals surface area contributed by atoms with Crippen LogP contribution in [0.2, 0.25) is 0 Å². The van der Waals surface area contributed by atoms with E-state index < -0.39 is 0 Å². The number of nitrogens with one attached hydrogen (secondary N) is 2. The topological polar surface area (TPSA) is 88.9 Å². The molecule has 0 atom stereocenters. The number of hydrogen-bond acceptors (Lipinski definition) is 5. The lowest BCUT2D eigenvalue weighted by Crippen LogP contribution is -2.17. The second-order valence-corrected chi connectivity index (χ2v) is 7.28. The SMILES string of the molecule is CSc1ncc(C(=O)Nc2cccc(C(=O)Nc3ccccn3)c2)n1-c1ccccc1. The number of carbonyl (C=O) groups excluding carboxylic acids is 2. The van der Waals surface area contributed by atoms with E-state index in [0.717, 1.165) is 5.69 Å². The molecule has 2 aromatic heterocycles. The van der Waals surface area contributed by atoms with Gasteiger partial charge in [-0.05, 0) is 48.7 Å². The molecule has 7 nitrogen and oxygen atoms in total. The number of aromatic nitrogens is 3. The van der Waals surface area contributed by atoms with Crippen molar-refractivity contribution in [2.24, 2.45) is 0 Å². The van der Waals surface area contributed by atoms with Crippen LogP contribution in [0.5, 0.6) is 0 Å². The van der Waals surface area contributed by atoms with E-state index in [2.05, 4.69) is 20.6 Å². The fourth-order valence-corrected chi connectivity index (χ4v) is 3.57. The molecule has 2 N–H and O–H groups in total. The Bertz CT molecular complexity index is 1210. The quantitative estimate of drug-likeness (QED) is 0.441. The van der Waals surface area contributed by atoms with Crippen molar-refractivity contribution in [1.82, 2.24) is 14.5 Å². The summed E-state index contributed by atoms with van der Waals surface area (Å²) in [5.74, 6) is -0.175. The van der Waals surface area contributed by atoms with Crippen molar-refractivity contribution in [2.45, 2.75) is 5.16 Å². The molecule has 4 aromatic rings. The molecule has 0 saturated heterocycles. The number of anilines is 2. The summed E-state index contributed by atoms with van der Waals surface area (Å²) in [4.78, 5) is 34.0. The molecule has 0 unspecified atom stereocenters.